The number of aldehydes is 1. The molecule has 170 valence electrons. The molecule has 3 atom stereocenters. The first kappa shape index (κ1) is 21.5. The molecule has 2 fully saturated rings. The Hall–Kier alpha value is -2.33. The highest BCUT2D eigenvalue weighted by atomic mass is 16.5. The predicted octanol–water partition coefficient (Wildman–Crippen LogP) is 5.98. The van der Waals surface area contributed by atoms with E-state index in [9.17, 15) is 9.90 Å². The number of hydrogen-bond donors (Lipinski definition) is 1. The first-order chi connectivity index (χ1) is 15.6. The van der Waals surface area contributed by atoms with E-state index in [0.717, 1.165) is 37.8 Å². The Morgan fingerprint density at radius 1 is 0.938 bits per heavy atom. The minimum Gasteiger partial charge on any atom is -0.508 e. The highest BCUT2D eigenvalue weighted by molar-refractivity contribution is 5.56. The van der Waals surface area contributed by atoms with E-state index in [0.29, 0.717) is 11.7 Å². The summed E-state index contributed by atoms with van der Waals surface area (Å²) < 4.78 is 6.69. The number of phenolic OH excluding ortho intramolecular Hbond substituents is 1. The maximum Gasteiger partial charge on any atom is 0.123 e. The van der Waals surface area contributed by atoms with E-state index in [-0.39, 0.29) is 24.0 Å². The van der Waals surface area contributed by atoms with Crippen LogP contribution < -0.4 is 4.90 Å². The number of fused-ring (bicyclic) bond motifs is 1. The van der Waals surface area contributed by atoms with Gasteiger partial charge in [0.05, 0.1) is 12.2 Å². The van der Waals surface area contributed by atoms with Crippen LogP contribution in [0.2, 0.25) is 0 Å². The SMILES string of the molecule is C[C@H]1O[C@@H](C2CCCCC2)[C@H](c2ccc(N3CCC(C=O)CC3)cc2)c2ccc(O)cc21. The molecule has 1 saturated heterocycles. The number of aromatic hydroxyl groups is 1. The number of benzene rings is 2. The van der Waals surface area contributed by atoms with Crippen molar-refractivity contribution in [3.63, 3.8) is 0 Å². The van der Waals surface area contributed by atoms with Crippen molar-refractivity contribution in [1.82, 2.24) is 0 Å². The molecule has 1 N–H and O–H groups in total. The molecule has 4 heteroatoms. The van der Waals surface area contributed by atoms with E-state index in [4.69, 9.17) is 4.74 Å². The highest BCUT2D eigenvalue weighted by Gasteiger charge is 2.40. The maximum absolute atomic E-state index is 11.1. The van der Waals surface area contributed by atoms with Crippen LogP contribution in [0.15, 0.2) is 42.5 Å². The van der Waals surface area contributed by atoms with Gasteiger partial charge in [-0.15, -0.1) is 0 Å². The van der Waals surface area contributed by atoms with E-state index in [1.165, 1.54) is 48.9 Å². The van der Waals surface area contributed by atoms with Crippen molar-refractivity contribution in [2.24, 2.45) is 11.8 Å². The summed E-state index contributed by atoms with van der Waals surface area (Å²) >= 11 is 0. The molecule has 0 amide bonds. The van der Waals surface area contributed by atoms with Gasteiger partial charge in [-0.05, 0) is 79.5 Å². The number of nitrogens with zero attached hydrogens (tertiary/aromatic N) is 1. The minimum atomic E-state index is -0.00124. The van der Waals surface area contributed by atoms with Gasteiger partial charge in [0.25, 0.3) is 0 Å². The van der Waals surface area contributed by atoms with Gasteiger partial charge in [0.1, 0.15) is 12.0 Å². The lowest BCUT2D eigenvalue weighted by Gasteiger charge is -2.43. The van der Waals surface area contributed by atoms with Crippen molar-refractivity contribution in [2.45, 2.75) is 70.0 Å². The fourth-order valence-electron chi connectivity index (χ4n) is 6.16. The Bertz CT molecular complexity index is 926. The van der Waals surface area contributed by atoms with E-state index in [1.54, 1.807) is 0 Å². The van der Waals surface area contributed by atoms with Gasteiger partial charge in [-0.3, -0.25) is 0 Å². The lowest BCUT2D eigenvalue weighted by atomic mass is 9.72. The molecule has 2 aromatic rings. The van der Waals surface area contributed by atoms with Crippen molar-refractivity contribution >= 4 is 12.0 Å². The molecular weight excluding hydrogens is 398 g/mol. The van der Waals surface area contributed by atoms with Crippen LogP contribution in [-0.4, -0.2) is 30.6 Å². The molecule has 0 aromatic heterocycles. The lowest BCUT2D eigenvalue weighted by Crippen LogP contribution is -2.37. The van der Waals surface area contributed by atoms with Crippen molar-refractivity contribution < 1.29 is 14.6 Å². The number of rotatable bonds is 4. The van der Waals surface area contributed by atoms with E-state index in [2.05, 4.69) is 42.2 Å². The van der Waals surface area contributed by atoms with Crippen LogP contribution >= 0.6 is 0 Å². The molecule has 2 heterocycles. The van der Waals surface area contributed by atoms with Gasteiger partial charge in [0.15, 0.2) is 0 Å². The number of phenols is 1. The van der Waals surface area contributed by atoms with Gasteiger partial charge in [0, 0.05) is 30.6 Å². The highest BCUT2D eigenvalue weighted by Crippen LogP contribution is 2.47. The third-order valence-electron chi connectivity index (χ3n) is 8.00. The van der Waals surface area contributed by atoms with Gasteiger partial charge in [-0.25, -0.2) is 0 Å². The molecular formula is C28H35NO3. The Morgan fingerprint density at radius 2 is 1.66 bits per heavy atom. The Balaban J connectivity index is 1.46. The number of carbonyl (C=O) groups is 1. The van der Waals surface area contributed by atoms with Crippen LogP contribution in [0.4, 0.5) is 5.69 Å². The second-order valence-corrected chi connectivity index (χ2v) is 9.98. The largest absolute Gasteiger partial charge is 0.508 e. The normalized spacial score (nSPS) is 27.2. The molecule has 1 saturated carbocycles. The van der Waals surface area contributed by atoms with Crippen molar-refractivity contribution in [3.05, 3.63) is 59.2 Å². The molecule has 3 aliphatic rings. The van der Waals surface area contributed by atoms with Crippen LogP contribution in [0.1, 0.15) is 80.6 Å². The van der Waals surface area contributed by atoms with Gasteiger partial charge < -0.3 is 19.5 Å². The first-order valence-corrected chi connectivity index (χ1v) is 12.4. The fourth-order valence-corrected chi connectivity index (χ4v) is 6.16. The Kier molecular flexibility index (Phi) is 6.23. The second-order valence-electron chi connectivity index (χ2n) is 9.98. The van der Waals surface area contributed by atoms with Crippen LogP contribution in [0.25, 0.3) is 0 Å². The zero-order chi connectivity index (χ0) is 22.1. The molecule has 32 heavy (non-hydrogen) atoms. The van der Waals surface area contributed by atoms with E-state index < -0.39 is 0 Å². The van der Waals surface area contributed by atoms with Gasteiger partial charge >= 0.3 is 0 Å². The first-order valence-electron chi connectivity index (χ1n) is 12.4. The van der Waals surface area contributed by atoms with Gasteiger partial charge in [-0.2, -0.15) is 0 Å². The van der Waals surface area contributed by atoms with Crippen molar-refractivity contribution in [2.75, 3.05) is 18.0 Å². The predicted molar refractivity (Wildman–Crippen MR) is 127 cm³/mol. The second kappa shape index (κ2) is 9.27. The molecule has 0 bridgehead atoms. The standard InChI is InChI=1S/C28H35NO3/c1-19-26-17-24(31)11-12-25(26)27(28(32-19)22-5-3-2-4-6-22)21-7-9-23(10-8-21)29-15-13-20(18-30)14-16-29/h7-12,17-20,22,27-28,31H,2-6,13-16H2,1H3/t19-,27-,28+/m1/s1. The topological polar surface area (TPSA) is 49.8 Å². The monoisotopic (exact) mass is 433 g/mol. The third kappa shape index (κ3) is 4.17. The van der Waals surface area contributed by atoms with Gasteiger partial charge in [0.2, 0.25) is 0 Å². The summed E-state index contributed by atoms with van der Waals surface area (Å²) in [5.74, 6) is 1.30. The molecule has 2 aromatic carbocycles. The average molecular weight is 434 g/mol. The maximum atomic E-state index is 11.1. The molecule has 0 radical (unpaired) electrons. The summed E-state index contributed by atoms with van der Waals surface area (Å²) in [4.78, 5) is 13.5. The van der Waals surface area contributed by atoms with Crippen LogP contribution in [-0.2, 0) is 9.53 Å². The lowest BCUT2D eigenvalue weighted by molar-refractivity contribution is -0.111. The number of carbonyl (C=O) groups excluding carboxylic acids is 1. The van der Waals surface area contributed by atoms with Crippen molar-refractivity contribution in [1.29, 1.82) is 0 Å². The summed E-state index contributed by atoms with van der Waals surface area (Å²) in [6.07, 6.45) is 9.59. The third-order valence-corrected chi connectivity index (χ3v) is 8.00. The van der Waals surface area contributed by atoms with E-state index >= 15 is 0 Å². The quantitative estimate of drug-likeness (QED) is 0.603. The van der Waals surface area contributed by atoms with Crippen molar-refractivity contribution in [3.8, 4) is 5.75 Å². The van der Waals surface area contributed by atoms with Crippen LogP contribution in [0.5, 0.6) is 5.75 Å². The minimum absolute atomic E-state index is 0.00124. The fraction of sp³-hybridized carbons (Fsp3) is 0.536. The molecule has 0 spiro atoms. The van der Waals surface area contributed by atoms with Gasteiger partial charge in [-0.1, -0.05) is 37.5 Å². The smallest absolute Gasteiger partial charge is 0.123 e. The zero-order valence-corrected chi connectivity index (χ0v) is 19.1. The number of anilines is 1. The van der Waals surface area contributed by atoms with Crippen LogP contribution in [0, 0.1) is 11.8 Å². The Morgan fingerprint density at radius 3 is 2.34 bits per heavy atom. The van der Waals surface area contributed by atoms with E-state index in [1.807, 2.05) is 12.1 Å². The summed E-state index contributed by atoms with van der Waals surface area (Å²) in [6.45, 7) is 4.01. The molecule has 5 rings (SSSR count). The Labute approximate surface area is 191 Å². The average Bonchev–Trinajstić information content (AvgIpc) is 2.85. The number of piperidine rings is 1. The van der Waals surface area contributed by atoms with Crippen LogP contribution in [0.3, 0.4) is 0 Å². The summed E-state index contributed by atoms with van der Waals surface area (Å²) in [5, 5.41) is 10.1. The molecule has 4 nitrogen and oxygen atoms in total. The summed E-state index contributed by atoms with van der Waals surface area (Å²) in [7, 11) is 0. The number of hydrogen-bond acceptors (Lipinski definition) is 4. The summed E-state index contributed by atoms with van der Waals surface area (Å²) in [5.41, 5.74) is 4.95. The molecule has 0 unspecified atom stereocenters. The molecule has 2 aliphatic heterocycles. The summed E-state index contributed by atoms with van der Waals surface area (Å²) in [6, 6.07) is 14.9. The zero-order valence-electron chi connectivity index (χ0n) is 19.1. The number of ether oxygens (including phenoxy) is 1. The molecule has 1 aliphatic carbocycles.